The number of benzene rings is 2. The van der Waals surface area contributed by atoms with Crippen LogP contribution in [0.4, 0.5) is 5.13 Å². The zero-order chi connectivity index (χ0) is 21.0. The van der Waals surface area contributed by atoms with E-state index in [2.05, 4.69) is 10.3 Å². The van der Waals surface area contributed by atoms with E-state index in [0.717, 1.165) is 16.0 Å². The Morgan fingerprint density at radius 3 is 1.90 bits per heavy atom. The maximum atomic E-state index is 13.4. The first-order valence-electron chi connectivity index (χ1n) is 9.79. The second kappa shape index (κ2) is 8.45. The first kappa shape index (κ1) is 19.1. The Labute approximate surface area is 183 Å². The molecule has 5 rings (SSSR count). The topological polar surface area (TPSA) is 68.3 Å². The molecule has 0 unspecified atom stereocenters. The maximum absolute atomic E-state index is 13.4. The van der Waals surface area contributed by atoms with Crippen LogP contribution in [0.25, 0.3) is 22.1 Å². The highest BCUT2D eigenvalue weighted by atomic mass is 32.1. The van der Waals surface area contributed by atoms with Crippen molar-refractivity contribution in [3.05, 3.63) is 109 Å². The summed E-state index contributed by atoms with van der Waals surface area (Å²) in [6.07, 6.45) is 3.21. The fourth-order valence-corrected chi connectivity index (χ4v) is 4.43. The van der Waals surface area contributed by atoms with Crippen molar-refractivity contribution in [2.75, 3.05) is 5.32 Å². The molecule has 0 atom stereocenters. The van der Waals surface area contributed by atoms with Crippen molar-refractivity contribution < 1.29 is 13.6 Å². The summed E-state index contributed by atoms with van der Waals surface area (Å²) >= 11 is 1.35. The number of amides is 1. The predicted molar refractivity (Wildman–Crippen MR) is 121 cm³/mol. The summed E-state index contributed by atoms with van der Waals surface area (Å²) in [6, 6.07) is 26.8. The van der Waals surface area contributed by atoms with Crippen LogP contribution in [0.15, 0.2) is 106 Å². The van der Waals surface area contributed by atoms with E-state index in [-0.39, 0.29) is 5.91 Å². The molecule has 0 aliphatic rings. The number of carbonyl (C=O) groups is 1. The van der Waals surface area contributed by atoms with Gasteiger partial charge >= 0.3 is 0 Å². The molecule has 0 bridgehead atoms. The molecule has 0 fully saturated rings. The van der Waals surface area contributed by atoms with Gasteiger partial charge in [-0.15, -0.1) is 0 Å². The van der Waals surface area contributed by atoms with Gasteiger partial charge in [0, 0.05) is 0 Å². The number of nitrogens with zero attached hydrogens (tertiary/aromatic N) is 1. The molecule has 6 heteroatoms. The number of carbonyl (C=O) groups excluding carboxylic acids is 1. The summed E-state index contributed by atoms with van der Waals surface area (Å²) in [4.78, 5) is 18.9. The van der Waals surface area contributed by atoms with Crippen LogP contribution in [0.5, 0.6) is 0 Å². The molecule has 0 saturated heterocycles. The van der Waals surface area contributed by atoms with Crippen molar-refractivity contribution in [1.82, 2.24) is 4.98 Å². The van der Waals surface area contributed by atoms with Gasteiger partial charge in [-0.05, 0) is 35.4 Å². The van der Waals surface area contributed by atoms with E-state index in [1.165, 1.54) is 11.3 Å². The summed E-state index contributed by atoms with van der Waals surface area (Å²) in [6.45, 7) is 0. The second-order valence-electron chi connectivity index (χ2n) is 6.89. The molecule has 152 valence electrons. The Hall–Kier alpha value is -3.90. The largest absolute Gasteiger partial charge is 0.463 e. The molecule has 0 spiro atoms. The SMILES string of the molecule is O=C(Nc1nc(-c2ccco2)c(-c2ccco2)s1)C(c1ccccc1)c1ccccc1. The van der Waals surface area contributed by atoms with Crippen LogP contribution in [0, 0.1) is 0 Å². The van der Waals surface area contributed by atoms with Gasteiger partial charge in [0.1, 0.15) is 16.3 Å². The molecule has 31 heavy (non-hydrogen) atoms. The highest BCUT2D eigenvalue weighted by Gasteiger charge is 2.25. The summed E-state index contributed by atoms with van der Waals surface area (Å²) < 4.78 is 11.1. The quantitative estimate of drug-likeness (QED) is 0.339. The van der Waals surface area contributed by atoms with Gasteiger partial charge in [0.15, 0.2) is 10.9 Å². The molecular formula is C25H18N2O3S. The lowest BCUT2D eigenvalue weighted by Gasteiger charge is -2.17. The van der Waals surface area contributed by atoms with Gasteiger partial charge in [-0.25, -0.2) is 4.98 Å². The second-order valence-corrected chi connectivity index (χ2v) is 7.89. The van der Waals surface area contributed by atoms with Gasteiger partial charge in [-0.3, -0.25) is 4.79 Å². The lowest BCUT2D eigenvalue weighted by Crippen LogP contribution is -2.22. The Balaban J connectivity index is 1.51. The van der Waals surface area contributed by atoms with E-state index in [1.54, 1.807) is 18.6 Å². The molecule has 0 radical (unpaired) electrons. The average Bonchev–Trinajstić information content (AvgIpc) is 3.57. The monoisotopic (exact) mass is 426 g/mol. The summed E-state index contributed by atoms with van der Waals surface area (Å²) in [7, 11) is 0. The fraction of sp³-hybridized carbons (Fsp3) is 0.0400. The standard InChI is InChI=1S/C25H18N2O3S/c28-24(21(17-9-3-1-4-10-17)18-11-5-2-6-12-18)27-25-26-22(19-13-7-15-29-19)23(31-25)20-14-8-16-30-20/h1-16,21H,(H,26,27,28). The maximum Gasteiger partial charge on any atom is 0.238 e. The molecule has 2 aromatic carbocycles. The number of furan rings is 2. The molecule has 0 aliphatic carbocycles. The van der Waals surface area contributed by atoms with Crippen molar-refractivity contribution in [3.8, 4) is 22.1 Å². The Morgan fingerprint density at radius 1 is 0.774 bits per heavy atom. The smallest absolute Gasteiger partial charge is 0.238 e. The minimum Gasteiger partial charge on any atom is -0.463 e. The molecule has 3 heterocycles. The van der Waals surface area contributed by atoms with Gasteiger partial charge < -0.3 is 14.2 Å². The molecule has 3 aromatic heterocycles. The number of nitrogens with one attached hydrogen (secondary N) is 1. The van der Waals surface area contributed by atoms with Gasteiger partial charge in [0.25, 0.3) is 0 Å². The van der Waals surface area contributed by atoms with Gasteiger partial charge in [0.05, 0.1) is 18.4 Å². The van der Waals surface area contributed by atoms with Crippen LogP contribution in [0.3, 0.4) is 0 Å². The van der Waals surface area contributed by atoms with Gasteiger partial charge in [0.2, 0.25) is 5.91 Å². The lowest BCUT2D eigenvalue weighted by molar-refractivity contribution is -0.116. The minimum atomic E-state index is -0.453. The van der Waals surface area contributed by atoms with Gasteiger partial charge in [-0.1, -0.05) is 72.0 Å². The van der Waals surface area contributed by atoms with Crippen molar-refractivity contribution in [2.24, 2.45) is 0 Å². The number of thiazole rings is 1. The van der Waals surface area contributed by atoms with Crippen LogP contribution in [-0.4, -0.2) is 10.9 Å². The normalized spacial score (nSPS) is 11.0. The fourth-order valence-electron chi connectivity index (χ4n) is 3.49. The van der Waals surface area contributed by atoms with E-state index < -0.39 is 5.92 Å². The number of rotatable bonds is 6. The molecule has 0 aliphatic heterocycles. The Morgan fingerprint density at radius 2 is 1.35 bits per heavy atom. The minimum absolute atomic E-state index is 0.150. The van der Waals surface area contributed by atoms with E-state index >= 15 is 0 Å². The molecule has 1 amide bonds. The van der Waals surface area contributed by atoms with Crippen molar-refractivity contribution in [3.63, 3.8) is 0 Å². The number of hydrogen-bond donors (Lipinski definition) is 1. The van der Waals surface area contributed by atoms with E-state index in [1.807, 2.05) is 78.9 Å². The molecular weight excluding hydrogens is 408 g/mol. The lowest BCUT2D eigenvalue weighted by atomic mass is 9.90. The number of aromatic nitrogens is 1. The molecule has 5 aromatic rings. The summed E-state index contributed by atoms with van der Waals surface area (Å²) in [5.41, 5.74) is 2.47. The van der Waals surface area contributed by atoms with Crippen LogP contribution < -0.4 is 5.32 Å². The van der Waals surface area contributed by atoms with Crippen LogP contribution >= 0.6 is 11.3 Å². The van der Waals surface area contributed by atoms with Crippen molar-refractivity contribution >= 4 is 22.4 Å². The van der Waals surface area contributed by atoms with Crippen LogP contribution in [0.1, 0.15) is 17.0 Å². The predicted octanol–water partition coefficient (Wildman–Crippen LogP) is 6.43. The van der Waals surface area contributed by atoms with Crippen molar-refractivity contribution in [1.29, 1.82) is 0 Å². The molecule has 1 N–H and O–H groups in total. The molecule has 5 nitrogen and oxygen atoms in total. The zero-order valence-corrected chi connectivity index (χ0v) is 17.2. The zero-order valence-electron chi connectivity index (χ0n) is 16.4. The third-order valence-corrected chi connectivity index (χ3v) is 5.87. The first-order chi connectivity index (χ1) is 15.3. The van der Waals surface area contributed by atoms with Crippen LogP contribution in [0.2, 0.25) is 0 Å². The van der Waals surface area contributed by atoms with E-state index in [9.17, 15) is 4.79 Å². The highest BCUT2D eigenvalue weighted by Crippen LogP contribution is 2.40. The van der Waals surface area contributed by atoms with Gasteiger partial charge in [-0.2, -0.15) is 0 Å². The first-order valence-corrected chi connectivity index (χ1v) is 10.6. The van der Waals surface area contributed by atoms with E-state index in [0.29, 0.717) is 22.3 Å². The van der Waals surface area contributed by atoms with Crippen LogP contribution in [-0.2, 0) is 4.79 Å². The van der Waals surface area contributed by atoms with E-state index in [4.69, 9.17) is 8.83 Å². The number of hydrogen-bond acceptors (Lipinski definition) is 5. The summed E-state index contributed by atoms with van der Waals surface area (Å²) in [5, 5.41) is 3.49. The van der Waals surface area contributed by atoms with Crippen molar-refractivity contribution in [2.45, 2.75) is 5.92 Å². The Kier molecular flexibility index (Phi) is 5.21. The molecule has 0 saturated carbocycles. The average molecular weight is 426 g/mol. The number of anilines is 1. The summed E-state index contributed by atoms with van der Waals surface area (Å²) in [5.74, 6) is 0.687. The highest BCUT2D eigenvalue weighted by molar-refractivity contribution is 7.19. The third kappa shape index (κ3) is 3.93. The third-order valence-electron chi connectivity index (χ3n) is 4.88. The Bertz CT molecular complexity index is 1170.